The summed E-state index contributed by atoms with van der Waals surface area (Å²) in [4.78, 5) is 2.34. The molecule has 0 radical (unpaired) electrons. The molecule has 1 aliphatic carbocycles. The molecule has 2 rings (SSSR count). The molecule has 106 valence electrons. The predicted molar refractivity (Wildman–Crippen MR) is 79.0 cm³/mol. The molecule has 1 fully saturated rings. The molecule has 0 bridgehead atoms. The Morgan fingerprint density at radius 2 is 1.95 bits per heavy atom. The lowest BCUT2D eigenvalue weighted by Crippen LogP contribution is -2.36. The Hall–Kier alpha value is -1.22. The summed E-state index contributed by atoms with van der Waals surface area (Å²) < 4.78 is 5.58. The smallest absolute Gasteiger partial charge is 0.122 e. The fourth-order valence-electron chi connectivity index (χ4n) is 2.83. The number of benzene rings is 1. The number of hydrogen-bond donors (Lipinski definition) is 1. The van der Waals surface area contributed by atoms with Gasteiger partial charge in [-0.3, -0.25) is 0 Å². The second-order valence-corrected chi connectivity index (χ2v) is 5.46. The SMILES string of the molecule is CCOc1ccc(N(C)C2CCC(O)CC2)cc1C. The molecule has 3 nitrogen and oxygen atoms in total. The summed E-state index contributed by atoms with van der Waals surface area (Å²) in [5.41, 5.74) is 2.42. The minimum absolute atomic E-state index is 0.0910. The molecule has 1 aromatic carbocycles. The minimum Gasteiger partial charge on any atom is -0.494 e. The molecule has 1 aliphatic rings. The van der Waals surface area contributed by atoms with Crippen LogP contribution in [-0.4, -0.2) is 30.9 Å². The first-order valence-corrected chi connectivity index (χ1v) is 7.26. The van der Waals surface area contributed by atoms with Crippen LogP contribution in [0.5, 0.6) is 5.75 Å². The van der Waals surface area contributed by atoms with E-state index < -0.39 is 0 Å². The average molecular weight is 263 g/mol. The third-order valence-corrected chi connectivity index (χ3v) is 4.08. The highest BCUT2D eigenvalue weighted by molar-refractivity contribution is 5.53. The molecular weight excluding hydrogens is 238 g/mol. The van der Waals surface area contributed by atoms with Crippen LogP contribution in [0.4, 0.5) is 5.69 Å². The van der Waals surface area contributed by atoms with E-state index in [4.69, 9.17) is 4.74 Å². The molecule has 0 heterocycles. The second-order valence-electron chi connectivity index (χ2n) is 5.46. The van der Waals surface area contributed by atoms with Crippen LogP contribution < -0.4 is 9.64 Å². The third-order valence-electron chi connectivity index (χ3n) is 4.08. The quantitative estimate of drug-likeness (QED) is 0.906. The summed E-state index contributed by atoms with van der Waals surface area (Å²) in [7, 11) is 2.15. The Balaban J connectivity index is 2.06. The molecular formula is C16H25NO2. The van der Waals surface area contributed by atoms with E-state index in [0.717, 1.165) is 31.4 Å². The highest BCUT2D eigenvalue weighted by atomic mass is 16.5. The topological polar surface area (TPSA) is 32.7 Å². The van der Waals surface area contributed by atoms with E-state index in [2.05, 4.69) is 37.1 Å². The molecule has 0 amide bonds. The Labute approximate surface area is 116 Å². The summed E-state index contributed by atoms with van der Waals surface area (Å²) in [6.07, 6.45) is 3.90. The molecule has 0 aliphatic heterocycles. The van der Waals surface area contributed by atoms with Gasteiger partial charge in [0.05, 0.1) is 12.7 Å². The fraction of sp³-hybridized carbons (Fsp3) is 0.625. The number of ether oxygens (including phenoxy) is 1. The summed E-state index contributed by atoms with van der Waals surface area (Å²) in [6, 6.07) is 6.92. The molecule has 0 aromatic heterocycles. The monoisotopic (exact) mass is 263 g/mol. The maximum Gasteiger partial charge on any atom is 0.122 e. The van der Waals surface area contributed by atoms with Gasteiger partial charge in [-0.2, -0.15) is 0 Å². The van der Waals surface area contributed by atoms with E-state index in [1.807, 2.05) is 6.92 Å². The van der Waals surface area contributed by atoms with Crippen molar-refractivity contribution >= 4 is 5.69 Å². The summed E-state index contributed by atoms with van der Waals surface area (Å²) in [5.74, 6) is 0.971. The van der Waals surface area contributed by atoms with Crippen LogP contribution in [0.15, 0.2) is 18.2 Å². The van der Waals surface area contributed by atoms with Gasteiger partial charge in [0, 0.05) is 18.8 Å². The maximum atomic E-state index is 9.58. The van der Waals surface area contributed by atoms with Gasteiger partial charge in [0.15, 0.2) is 0 Å². The van der Waals surface area contributed by atoms with Gasteiger partial charge < -0.3 is 14.7 Å². The molecule has 0 atom stereocenters. The van der Waals surface area contributed by atoms with E-state index in [0.29, 0.717) is 12.6 Å². The summed E-state index contributed by atoms with van der Waals surface area (Å²) in [6.45, 7) is 4.80. The highest BCUT2D eigenvalue weighted by Gasteiger charge is 2.23. The maximum absolute atomic E-state index is 9.58. The van der Waals surface area contributed by atoms with E-state index in [9.17, 15) is 5.11 Å². The molecule has 1 saturated carbocycles. The van der Waals surface area contributed by atoms with Crippen LogP contribution in [0.1, 0.15) is 38.2 Å². The molecule has 0 saturated heterocycles. The standard InChI is InChI=1S/C16H25NO2/c1-4-19-16-10-7-14(11-12(16)2)17(3)13-5-8-15(18)9-6-13/h7,10-11,13,15,18H,4-6,8-9H2,1-3H3. The van der Waals surface area contributed by atoms with Crippen molar-refractivity contribution in [3.05, 3.63) is 23.8 Å². The lowest BCUT2D eigenvalue weighted by atomic mass is 9.92. The molecule has 1 aromatic rings. The lowest BCUT2D eigenvalue weighted by molar-refractivity contribution is 0.122. The van der Waals surface area contributed by atoms with Crippen LogP contribution >= 0.6 is 0 Å². The molecule has 19 heavy (non-hydrogen) atoms. The fourth-order valence-corrected chi connectivity index (χ4v) is 2.83. The van der Waals surface area contributed by atoms with Crippen molar-refractivity contribution in [3.63, 3.8) is 0 Å². The van der Waals surface area contributed by atoms with Gasteiger partial charge in [0.1, 0.15) is 5.75 Å². The van der Waals surface area contributed by atoms with Crippen molar-refractivity contribution in [2.24, 2.45) is 0 Å². The zero-order valence-corrected chi connectivity index (χ0v) is 12.2. The Bertz CT molecular complexity index is 411. The molecule has 3 heteroatoms. The zero-order valence-electron chi connectivity index (χ0n) is 12.2. The van der Waals surface area contributed by atoms with E-state index in [1.165, 1.54) is 11.3 Å². The van der Waals surface area contributed by atoms with Gasteiger partial charge in [-0.05, 0) is 63.3 Å². The van der Waals surface area contributed by atoms with Crippen molar-refractivity contribution in [2.45, 2.75) is 51.7 Å². The highest BCUT2D eigenvalue weighted by Crippen LogP contribution is 2.29. The minimum atomic E-state index is -0.0910. The van der Waals surface area contributed by atoms with Crippen molar-refractivity contribution < 1.29 is 9.84 Å². The first kappa shape index (κ1) is 14.2. The van der Waals surface area contributed by atoms with Gasteiger partial charge in [0.25, 0.3) is 0 Å². The molecule has 0 spiro atoms. The third kappa shape index (κ3) is 3.41. The number of nitrogens with zero attached hydrogens (tertiary/aromatic N) is 1. The zero-order chi connectivity index (χ0) is 13.8. The number of anilines is 1. The van der Waals surface area contributed by atoms with Crippen molar-refractivity contribution in [2.75, 3.05) is 18.6 Å². The normalized spacial score (nSPS) is 23.2. The summed E-state index contributed by atoms with van der Waals surface area (Å²) >= 11 is 0. The van der Waals surface area contributed by atoms with Crippen molar-refractivity contribution in [3.8, 4) is 5.75 Å². The van der Waals surface area contributed by atoms with Gasteiger partial charge >= 0.3 is 0 Å². The van der Waals surface area contributed by atoms with Crippen LogP contribution in [0.25, 0.3) is 0 Å². The van der Waals surface area contributed by atoms with Crippen LogP contribution in [-0.2, 0) is 0 Å². The van der Waals surface area contributed by atoms with E-state index in [-0.39, 0.29) is 6.10 Å². The van der Waals surface area contributed by atoms with Crippen molar-refractivity contribution in [1.29, 1.82) is 0 Å². The van der Waals surface area contributed by atoms with E-state index >= 15 is 0 Å². The van der Waals surface area contributed by atoms with Crippen LogP contribution in [0.3, 0.4) is 0 Å². The number of aliphatic hydroxyl groups is 1. The van der Waals surface area contributed by atoms with Gasteiger partial charge in [-0.15, -0.1) is 0 Å². The molecule has 0 unspecified atom stereocenters. The van der Waals surface area contributed by atoms with Crippen LogP contribution in [0, 0.1) is 6.92 Å². The lowest BCUT2D eigenvalue weighted by Gasteiger charge is -2.34. The van der Waals surface area contributed by atoms with Gasteiger partial charge in [-0.25, -0.2) is 0 Å². The molecule has 1 N–H and O–H groups in total. The number of aryl methyl sites for hydroxylation is 1. The predicted octanol–water partition coefficient (Wildman–Crippen LogP) is 3.13. The number of hydrogen-bond acceptors (Lipinski definition) is 3. The first-order chi connectivity index (χ1) is 9.11. The average Bonchev–Trinajstić information content (AvgIpc) is 2.41. The van der Waals surface area contributed by atoms with E-state index in [1.54, 1.807) is 0 Å². The number of aliphatic hydroxyl groups excluding tert-OH is 1. The Morgan fingerprint density at radius 3 is 2.53 bits per heavy atom. The van der Waals surface area contributed by atoms with Gasteiger partial charge in [-0.1, -0.05) is 0 Å². The second kappa shape index (κ2) is 6.29. The van der Waals surface area contributed by atoms with Gasteiger partial charge in [0.2, 0.25) is 0 Å². The Kier molecular flexibility index (Phi) is 4.70. The summed E-state index contributed by atoms with van der Waals surface area (Å²) in [5, 5.41) is 9.58. The van der Waals surface area contributed by atoms with Crippen molar-refractivity contribution in [1.82, 2.24) is 0 Å². The van der Waals surface area contributed by atoms with Crippen LogP contribution in [0.2, 0.25) is 0 Å². The first-order valence-electron chi connectivity index (χ1n) is 7.26. The largest absolute Gasteiger partial charge is 0.494 e. The number of rotatable bonds is 4. The Morgan fingerprint density at radius 1 is 1.26 bits per heavy atom.